The summed E-state index contributed by atoms with van der Waals surface area (Å²) in [6, 6.07) is -0.567. The molecule has 1 aliphatic rings. The van der Waals surface area contributed by atoms with Crippen molar-refractivity contribution < 1.29 is 9.90 Å². The number of hydrogen-bond acceptors (Lipinski definition) is 2. The lowest BCUT2D eigenvalue weighted by molar-refractivity contribution is -0.141. The molecule has 1 N–H and O–H groups in total. The predicted molar refractivity (Wildman–Crippen MR) is 102 cm³/mol. The molecule has 0 aliphatic carbocycles. The van der Waals surface area contributed by atoms with Crippen LogP contribution in [0.15, 0.2) is 73.4 Å². The molecule has 3 heteroatoms. The number of carbonyl (C=O) groups is 1. The summed E-state index contributed by atoms with van der Waals surface area (Å²) in [5, 5.41) is 9.49. The fourth-order valence-electron chi connectivity index (χ4n) is 2.97. The molecule has 0 radical (unpaired) electrons. The van der Waals surface area contributed by atoms with Gasteiger partial charge < -0.3 is 5.11 Å². The summed E-state index contributed by atoms with van der Waals surface area (Å²) in [4.78, 5) is 13.6. The van der Waals surface area contributed by atoms with Crippen LogP contribution < -0.4 is 0 Å². The second-order valence-corrected chi connectivity index (χ2v) is 5.81. The summed E-state index contributed by atoms with van der Waals surface area (Å²) in [7, 11) is 0. The molecule has 0 aromatic rings. The van der Waals surface area contributed by atoms with Gasteiger partial charge in [0, 0.05) is 0 Å². The molecule has 1 saturated heterocycles. The van der Waals surface area contributed by atoms with Gasteiger partial charge in [-0.3, -0.25) is 9.69 Å². The van der Waals surface area contributed by atoms with E-state index in [2.05, 4.69) is 32.2 Å². The van der Waals surface area contributed by atoms with Gasteiger partial charge in [-0.15, -0.1) is 0 Å². The second-order valence-electron chi connectivity index (χ2n) is 5.81. The predicted octanol–water partition coefficient (Wildman–Crippen LogP) is 4.53. The summed E-state index contributed by atoms with van der Waals surface area (Å²) >= 11 is 0. The molecule has 130 valence electrons. The third-order valence-electron chi connectivity index (χ3n) is 4.16. The summed E-state index contributed by atoms with van der Waals surface area (Å²) in [6.45, 7) is 11.0. The highest BCUT2D eigenvalue weighted by molar-refractivity contribution is 5.76. The van der Waals surface area contributed by atoms with Crippen molar-refractivity contribution in [2.24, 2.45) is 5.92 Å². The Bertz CT molecular complexity index is 532. The number of aliphatic carboxylic acids is 1. The van der Waals surface area contributed by atoms with E-state index in [0.717, 1.165) is 32.4 Å². The lowest BCUT2D eigenvalue weighted by Gasteiger charge is -2.35. The maximum absolute atomic E-state index is 11.6. The summed E-state index contributed by atoms with van der Waals surface area (Å²) in [5.74, 6) is -0.302. The van der Waals surface area contributed by atoms with Gasteiger partial charge in [0.25, 0.3) is 0 Å². The minimum Gasteiger partial charge on any atom is -0.480 e. The van der Waals surface area contributed by atoms with Crippen molar-refractivity contribution >= 4 is 5.97 Å². The zero-order valence-corrected chi connectivity index (χ0v) is 14.6. The summed E-state index contributed by atoms with van der Waals surface area (Å²) in [5.41, 5.74) is 1.34. The van der Waals surface area contributed by atoms with Crippen molar-refractivity contribution in [3.8, 4) is 0 Å². The minimum atomic E-state index is -0.799. The Morgan fingerprint density at radius 1 is 1.17 bits per heavy atom. The van der Waals surface area contributed by atoms with Crippen molar-refractivity contribution in [2.75, 3.05) is 13.1 Å². The van der Waals surface area contributed by atoms with Crippen LogP contribution in [0, 0.1) is 5.92 Å². The molecule has 0 spiro atoms. The number of piperidine rings is 1. The standard InChI is InChI=1S/C21H29NO2/c1-4-7-9-10-13-20(21(23)24)22-16-14-19(15-17-22)18(11-6-3)12-8-5-2/h4-5,7-13,19-20H,1-2,6,14-17H2,3H3,(H,23,24)/b9-7-,12-8-,13-10+,18-11+. The molecule has 1 rings (SSSR count). The molecule has 0 aromatic carbocycles. The van der Waals surface area contributed by atoms with Crippen LogP contribution in [0.5, 0.6) is 0 Å². The monoisotopic (exact) mass is 327 g/mol. The first kappa shape index (κ1) is 19.9. The fourth-order valence-corrected chi connectivity index (χ4v) is 2.97. The van der Waals surface area contributed by atoms with Crippen LogP contribution in [0.3, 0.4) is 0 Å². The van der Waals surface area contributed by atoms with Crippen LogP contribution in [-0.4, -0.2) is 35.1 Å². The lowest BCUT2D eigenvalue weighted by Crippen LogP contribution is -2.44. The quantitative estimate of drug-likeness (QED) is 0.633. The fraction of sp³-hybridized carbons (Fsp3) is 0.381. The molecule has 24 heavy (non-hydrogen) atoms. The molecule has 1 unspecified atom stereocenters. The zero-order valence-electron chi connectivity index (χ0n) is 14.6. The Kier molecular flexibility index (Phi) is 9.47. The smallest absolute Gasteiger partial charge is 0.324 e. The lowest BCUT2D eigenvalue weighted by atomic mass is 9.87. The first-order chi connectivity index (χ1) is 11.6. The Morgan fingerprint density at radius 2 is 1.83 bits per heavy atom. The topological polar surface area (TPSA) is 40.5 Å². The van der Waals surface area contributed by atoms with Gasteiger partial charge in [0.2, 0.25) is 0 Å². The Morgan fingerprint density at radius 3 is 2.38 bits per heavy atom. The van der Waals surface area contributed by atoms with Gasteiger partial charge >= 0.3 is 5.97 Å². The number of hydrogen-bond donors (Lipinski definition) is 1. The Labute approximate surface area is 146 Å². The largest absolute Gasteiger partial charge is 0.480 e. The molecule has 0 bridgehead atoms. The first-order valence-corrected chi connectivity index (χ1v) is 8.55. The van der Waals surface area contributed by atoms with E-state index < -0.39 is 12.0 Å². The third-order valence-corrected chi connectivity index (χ3v) is 4.16. The van der Waals surface area contributed by atoms with Crippen LogP contribution >= 0.6 is 0 Å². The van der Waals surface area contributed by atoms with Crippen LogP contribution in [0.25, 0.3) is 0 Å². The van der Waals surface area contributed by atoms with Crippen molar-refractivity contribution in [1.82, 2.24) is 4.90 Å². The average molecular weight is 327 g/mol. The molecule has 0 saturated carbocycles. The number of nitrogens with zero attached hydrogens (tertiary/aromatic N) is 1. The highest BCUT2D eigenvalue weighted by atomic mass is 16.4. The SMILES string of the molecule is C=C/C=C\C=C\C(C(=O)O)N1CCC(C(/C=C\C=C)=C/CC)CC1. The zero-order chi connectivity index (χ0) is 17.8. The van der Waals surface area contributed by atoms with Crippen molar-refractivity contribution in [3.05, 3.63) is 73.4 Å². The molecule has 1 fully saturated rings. The molecule has 0 amide bonds. The van der Waals surface area contributed by atoms with E-state index in [9.17, 15) is 9.90 Å². The van der Waals surface area contributed by atoms with E-state index in [0.29, 0.717) is 5.92 Å². The normalized spacial score (nSPS) is 19.3. The van der Waals surface area contributed by atoms with Gasteiger partial charge in [-0.1, -0.05) is 74.8 Å². The van der Waals surface area contributed by atoms with E-state index in [1.165, 1.54) is 5.57 Å². The number of carboxylic acids is 1. The molecular formula is C21H29NO2. The Hall–Kier alpha value is -2.13. The summed E-state index contributed by atoms with van der Waals surface area (Å²) < 4.78 is 0. The van der Waals surface area contributed by atoms with Crippen molar-refractivity contribution in [1.29, 1.82) is 0 Å². The number of allylic oxidation sites excluding steroid dienone is 9. The van der Waals surface area contributed by atoms with Gasteiger partial charge in [0.1, 0.15) is 6.04 Å². The molecule has 0 aromatic heterocycles. The van der Waals surface area contributed by atoms with Crippen LogP contribution in [0.1, 0.15) is 26.2 Å². The maximum Gasteiger partial charge on any atom is 0.324 e. The van der Waals surface area contributed by atoms with Crippen LogP contribution in [0.2, 0.25) is 0 Å². The van der Waals surface area contributed by atoms with Gasteiger partial charge in [-0.2, -0.15) is 0 Å². The highest BCUT2D eigenvalue weighted by Gasteiger charge is 2.28. The summed E-state index contributed by atoms with van der Waals surface area (Å²) in [6.07, 6.45) is 19.9. The van der Waals surface area contributed by atoms with Crippen molar-refractivity contribution in [2.45, 2.75) is 32.2 Å². The van der Waals surface area contributed by atoms with E-state index in [1.54, 1.807) is 36.5 Å². The number of likely N-dealkylation sites (tertiary alicyclic amines) is 1. The average Bonchev–Trinajstić information content (AvgIpc) is 2.58. The van der Waals surface area contributed by atoms with E-state index in [1.807, 2.05) is 11.0 Å². The molecule has 1 atom stereocenters. The van der Waals surface area contributed by atoms with Crippen molar-refractivity contribution in [3.63, 3.8) is 0 Å². The van der Waals surface area contributed by atoms with Gasteiger partial charge in [0.15, 0.2) is 0 Å². The van der Waals surface area contributed by atoms with Gasteiger partial charge in [0.05, 0.1) is 0 Å². The maximum atomic E-state index is 11.6. The second kappa shape index (κ2) is 11.4. The Balaban J connectivity index is 2.71. The molecule has 1 aliphatic heterocycles. The van der Waals surface area contributed by atoms with Crippen LogP contribution in [0.4, 0.5) is 0 Å². The number of rotatable bonds is 9. The molecule has 1 heterocycles. The van der Waals surface area contributed by atoms with Crippen LogP contribution in [-0.2, 0) is 4.79 Å². The van der Waals surface area contributed by atoms with Gasteiger partial charge in [-0.25, -0.2) is 0 Å². The van der Waals surface area contributed by atoms with E-state index >= 15 is 0 Å². The highest BCUT2D eigenvalue weighted by Crippen LogP contribution is 2.27. The number of carboxylic acid groups (broad SMARTS) is 1. The van der Waals surface area contributed by atoms with E-state index in [-0.39, 0.29) is 0 Å². The van der Waals surface area contributed by atoms with Gasteiger partial charge in [-0.05, 0) is 43.8 Å². The minimum absolute atomic E-state index is 0.497. The molecular weight excluding hydrogens is 298 g/mol. The first-order valence-electron chi connectivity index (χ1n) is 8.55. The molecule has 3 nitrogen and oxygen atoms in total. The third kappa shape index (κ3) is 6.55. The van der Waals surface area contributed by atoms with E-state index in [4.69, 9.17) is 0 Å².